The van der Waals surface area contributed by atoms with E-state index < -0.39 is 0 Å². The monoisotopic (exact) mass is 292 g/mol. The van der Waals surface area contributed by atoms with Gasteiger partial charge in [-0.2, -0.15) is 0 Å². The smallest absolute Gasteiger partial charge is 0.226 e. The summed E-state index contributed by atoms with van der Waals surface area (Å²) in [6.45, 7) is 0. The Bertz CT molecular complexity index is 761. The van der Waals surface area contributed by atoms with Crippen LogP contribution in [0.1, 0.15) is 18.4 Å². The van der Waals surface area contributed by atoms with E-state index in [-0.39, 0.29) is 5.91 Å². The third-order valence-electron chi connectivity index (χ3n) is 4.03. The van der Waals surface area contributed by atoms with Crippen molar-refractivity contribution in [2.75, 3.05) is 11.9 Å². The van der Waals surface area contributed by atoms with E-state index in [4.69, 9.17) is 0 Å². The Kier molecular flexibility index (Phi) is 4.24. The molecule has 0 unspecified atom stereocenters. The van der Waals surface area contributed by atoms with Crippen molar-refractivity contribution in [2.24, 2.45) is 0 Å². The van der Waals surface area contributed by atoms with Crippen molar-refractivity contribution in [2.45, 2.75) is 19.3 Å². The van der Waals surface area contributed by atoms with Gasteiger partial charge in [0.1, 0.15) is 0 Å². The Balaban J connectivity index is 1.58. The van der Waals surface area contributed by atoms with E-state index in [2.05, 4.69) is 23.3 Å². The fourth-order valence-electron chi connectivity index (χ4n) is 2.73. The third-order valence-corrected chi connectivity index (χ3v) is 4.03. The number of anilines is 1. The van der Waals surface area contributed by atoms with E-state index in [1.54, 1.807) is 4.90 Å². The molecule has 0 aliphatic carbocycles. The molecule has 0 aliphatic rings. The molecule has 3 rings (SSSR count). The minimum absolute atomic E-state index is 0.158. The van der Waals surface area contributed by atoms with Gasteiger partial charge in [-0.1, -0.05) is 36.4 Å². The molecule has 1 N–H and O–H groups in total. The van der Waals surface area contributed by atoms with Crippen LogP contribution in [0.4, 0.5) is 5.69 Å². The van der Waals surface area contributed by atoms with Crippen molar-refractivity contribution in [3.8, 4) is 0 Å². The minimum Gasteiger partial charge on any atom is -0.361 e. The number of amides is 1. The summed E-state index contributed by atoms with van der Waals surface area (Å²) >= 11 is 0. The van der Waals surface area contributed by atoms with Crippen molar-refractivity contribution in [3.63, 3.8) is 0 Å². The Morgan fingerprint density at radius 3 is 2.59 bits per heavy atom. The number of aromatic amines is 1. The van der Waals surface area contributed by atoms with Gasteiger partial charge in [0.25, 0.3) is 0 Å². The Morgan fingerprint density at radius 2 is 1.77 bits per heavy atom. The lowest BCUT2D eigenvalue weighted by Gasteiger charge is -2.17. The summed E-state index contributed by atoms with van der Waals surface area (Å²) in [6.07, 6.45) is 4.39. The quantitative estimate of drug-likeness (QED) is 0.753. The molecule has 3 nitrogen and oxygen atoms in total. The van der Waals surface area contributed by atoms with Gasteiger partial charge < -0.3 is 9.88 Å². The maximum absolute atomic E-state index is 12.3. The average Bonchev–Trinajstić information content (AvgIpc) is 2.98. The Labute approximate surface area is 130 Å². The standard InChI is InChI=1S/C19H20N2O/c1-21(16-9-3-2-4-10-16)19(22)13-7-8-15-14-20-18-12-6-5-11-17(15)18/h2-6,9-12,14,20H,7-8,13H2,1H3. The van der Waals surface area contributed by atoms with Crippen LogP contribution in [0.25, 0.3) is 10.9 Å². The van der Waals surface area contributed by atoms with Crippen LogP contribution in [0.3, 0.4) is 0 Å². The number of aromatic nitrogens is 1. The summed E-state index contributed by atoms with van der Waals surface area (Å²) in [5.74, 6) is 0.158. The molecule has 3 aromatic rings. The lowest BCUT2D eigenvalue weighted by atomic mass is 10.1. The first-order chi connectivity index (χ1) is 10.8. The van der Waals surface area contributed by atoms with Gasteiger partial charge in [-0.15, -0.1) is 0 Å². The number of H-pyrrole nitrogens is 1. The second-order valence-electron chi connectivity index (χ2n) is 5.50. The van der Waals surface area contributed by atoms with Gasteiger partial charge >= 0.3 is 0 Å². The molecule has 2 aromatic carbocycles. The average molecular weight is 292 g/mol. The molecule has 0 bridgehead atoms. The first kappa shape index (κ1) is 14.4. The number of para-hydroxylation sites is 2. The Morgan fingerprint density at radius 1 is 1.05 bits per heavy atom. The second kappa shape index (κ2) is 6.48. The summed E-state index contributed by atoms with van der Waals surface area (Å²) in [4.78, 5) is 17.3. The molecule has 1 amide bonds. The van der Waals surface area contributed by atoms with Gasteiger partial charge in [0.15, 0.2) is 0 Å². The van der Waals surface area contributed by atoms with E-state index in [1.165, 1.54) is 10.9 Å². The number of hydrogen-bond donors (Lipinski definition) is 1. The highest BCUT2D eigenvalue weighted by molar-refractivity contribution is 5.92. The lowest BCUT2D eigenvalue weighted by molar-refractivity contribution is -0.118. The number of nitrogens with one attached hydrogen (secondary N) is 1. The van der Waals surface area contributed by atoms with Gasteiger partial charge in [-0.3, -0.25) is 4.79 Å². The summed E-state index contributed by atoms with van der Waals surface area (Å²) in [7, 11) is 1.84. The molecule has 0 saturated carbocycles. The van der Waals surface area contributed by atoms with Gasteiger partial charge in [0.2, 0.25) is 5.91 Å². The molecule has 112 valence electrons. The third kappa shape index (κ3) is 3.03. The molecule has 0 spiro atoms. The maximum atomic E-state index is 12.3. The number of fused-ring (bicyclic) bond motifs is 1. The zero-order valence-electron chi connectivity index (χ0n) is 12.8. The molecule has 1 aromatic heterocycles. The minimum atomic E-state index is 0.158. The second-order valence-corrected chi connectivity index (χ2v) is 5.50. The van der Waals surface area contributed by atoms with Crippen molar-refractivity contribution >= 4 is 22.5 Å². The molecule has 0 atom stereocenters. The van der Waals surface area contributed by atoms with E-state index in [0.29, 0.717) is 6.42 Å². The van der Waals surface area contributed by atoms with Crippen LogP contribution in [0, 0.1) is 0 Å². The zero-order chi connectivity index (χ0) is 15.4. The summed E-state index contributed by atoms with van der Waals surface area (Å²) < 4.78 is 0. The largest absolute Gasteiger partial charge is 0.361 e. The predicted octanol–water partition coefficient (Wildman–Crippen LogP) is 4.15. The van der Waals surface area contributed by atoms with E-state index in [9.17, 15) is 4.79 Å². The normalized spacial score (nSPS) is 10.8. The van der Waals surface area contributed by atoms with Crippen LogP contribution in [0.15, 0.2) is 60.8 Å². The van der Waals surface area contributed by atoms with Crippen LogP contribution in [-0.2, 0) is 11.2 Å². The number of benzene rings is 2. The van der Waals surface area contributed by atoms with Gasteiger partial charge in [-0.05, 0) is 36.6 Å². The van der Waals surface area contributed by atoms with Crippen LogP contribution >= 0.6 is 0 Å². The summed E-state index contributed by atoms with van der Waals surface area (Å²) in [5, 5.41) is 1.26. The maximum Gasteiger partial charge on any atom is 0.226 e. The van der Waals surface area contributed by atoms with Crippen molar-refractivity contribution in [1.82, 2.24) is 4.98 Å². The fourth-order valence-corrected chi connectivity index (χ4v) is 2.73. The van der Waals surface area contributed by atoms with Crippen molar-refractivity contribution in [1.29, 1.82) is 0 Å². The first-order valence-corrected chi connectivity index (χ1v) is 7.62. The van der Waals surface area contributed by atoms with Gasteiger partial charge in [0.05, 0.1) is 0 Å². The zero-order valence-corrected chi connectivity index (χ0v) is 12.8. The predicted molar refractivity (Wildman–Crippen MR) is 91.1 cm³/mol. The number of hydrogen-bond acceptors (Lipinski definition) is 1. The van der Waals surface area contributed by atoms with Gasteiger partial charge in [-0.25, -0.2) is 0 Å². The summed E-state index contributed by atoms with van der Waals surface area (Å²) in [5.41, 5.74) is 3.38. The highest BCUT2D eigenvalue weighted by Gasteiger charge is 2.11. The van der Waals surface area contributed by atoms with E-state index >= 15 is 0 Å². The number of carbonyl (C=O) groups excluding carboxylic acids is 1. The highest BCUT2D eigenvalue weighted by Crippen LogP contribution is 2.20. The van der Waals surface area contributed by atoms with Crippen LogP contribution in [-0.4, -0.2) is 17.9 Å². The topological polar surface area (TPSA) is 36.1 Å². The fraction of sp³-hybridized carbons (Fsp3) is 0.211. The lowest BCUT2D eigenvalue weighted by Crippen LogP contribution is -2.25. The van der Waals surface area contributed by atoms with E-state index in [0.717, 1.165) is 24.0 Å². The SMILES string of the molecule is CN(C(=O)CCCc1c[nH]c2ccccc12)c1ccccc1. The molecule has 0 radical (unpaired) electrons. The first-order valence-electron chi connectivity index (χ1n) is 7.62. The molecule has 0 aliphatic heterocycles. The number of nitrogens with zero attached hydrogens (tertiary/aromatic N) is 1. The highest BCUT2D eigenvalue weighted by atomic mass is 16.2. The number of carbonyl (C=O) groups is 1. The van der Waals surface area contributed by atoms with Crippen molar-refractivity contribution in [3.05, 3.63) is 66.4 Å². The van der Waals surface area contributed by atoms with Crippen LogP contribution in [0.2, 0.25) is 0 Å². The van der Waals surface area contributed by atoms with Crippen LogP contribution < -0.4 is 4.90 Å². The van der Waals surface area contributed by atoms with Gasteiger partial charge in [0, 0.05) is 36.3 Å². The Hall–Kier alpha value is -2.55. The molecular weight excluding hydrogens is 272 g/mol. The molecule has 1 heterocycles. The molecule has 0 fully saturated rings. The molecule has 3 heteroatoms. The number of aryl methyl sites for hydroxylation is 1. The van der Waals surface area contributed by atoms with Crippen molar-refractivity contribution < 1.29 is 4.79 Å². The molecule has 22 heavy (non-hydrogen) atoms. The van der Waals surface area contributed by atoms with E-state index in [1.807, 2.05) is 49.5 Å². The summed E-state index contributed by atoms with van der Waals surface area (Å²) in [6, 6.07) is 18.0. The van der Waals surface area contributed by atoms with Crippen LogP contribution in [0.5, 0.6) is 0 Å². The number of rotatable bonds is 5. The molecule has 0 saturated heterocycles. The molecular formula is C19H20N2O.